The van der Waals surface area contributed by atoms with Crippen molar-refractivity contribution < 1.29 is 9.69 Å². The fourth-order valence-electron chi connectivity index (χ4n) is 3.01. The van der Waals surface area contributed by atoms with Crippen LogP contribution in [-0.4, -0.2) is 45.2 Å². The van der Waals surface area contributed by atoms with Crippen molar-refractivity contribution in [2.24, 2.45) is 0 Å². The molecule has 1 saturated heterocycles. The third-order valence-electron chi connectivity index (χ3n) is 4.65. The molecule has 2 rings (SSSR count). The Hall–Kier alpha value is -1.55. The molecule has 1 aliphatic rings. The normalized spacial score (nSPS) is 15.9. The number of nitrogens with zero attached hydrogens (tertiary/aromatic N) is 1. The van der Waals surface area contributed by atoms with Crippen molar-refractivity contribution in [3.8, 4) is 0 Å². The van der Waals surface area contributed by atoms with E-state index in [9.17, 15) is 4.79 Å². The Morgan fingerprint density at radius 3 is 2.68 bits per heavy atom. The van der Waals surface area contributed by atoms with Crippen molar-refractivity contribution in [1.29, 1.82) is 0 Å². The summed E-state index contributed by atoms with van der Waals surface area (Å²) in [6, 6.07) is 6.52. The number of rotatable bonds is 6. The molecular formula is C18H30N3O+. The molecule has 4 heteroatoms. The van der Waals surface area contributed by atoms with E-state index in [1.165, 1.54) is 21.7 Å². The minimum atomic E-state index is 0.198. The van der Waals surface area contributed by atoms with Gasteiger partial charge >= 0.3 is 0 Å². The van der Waals surface area contributed by atoms with Crippen molar-refractivity contribution in [3.63, 3.8) is 0 Å². The number of aryl methyl sites for hydroxylation is 1. The van der Waals surface area contributed by atoms with E-state index in [2.05, 4.69) is 49.2 Å². The molecule has 0 spiro atoms. The predicted octanol–water partition coefficient (Wildman–Crippen LogP) is 0.925. The summed E-state index contributed by atoms with van der Waals surface area (Å²) >= 11 is 0. The molecular weight excluding hydrogens is 274 g/mol. The van der Waals surface area contributed by atoms with E-state index in [1.807, 2.05) is 0 Å². The lowest BCUT2D eigenvalue weighted by atomic mass is 10.1. The standard InChI is InChI=1S/C18H29N3O/c1-4-5-9-19-18(22)14-20-10-12-21(13-11-20)17-8-6-7-15(2)16(17)3/h6-8H,4-5,9-14H2,1-3H3,(H,19,22)/p+1. The Bertz CT molecular complexity index is 493. The van der Waals surface area contributed by atoms with Crippen LogP contribution >= 0.6 is 0 Å². The van der Waals surface area contributed by atoms with Gasteiger partial charge < -0.3 is 15.1 Å². The molecule has 1 heterocycles. The zero-order valence-electron chi connectivity index (χ0n) is 14.2. The molecule has 1 fully saturated rings. The zero-order chi connectivity index (χ0) is 15.9. The molecule has 0 aliphatic carbocycles. The maximum absolute atomic E-state index is 11.9. The Morgan fingerprint density at radius 1 is 1.27 bits per heavy atom. The predicted molar refractivity (Wildman–Crippen MR) is 91.6 cm³/mol. The van der Waals surface area contributed by atoms with Crippen molar-refractivity contribution in [2.45, 2.75) is 33.6 Å². The number of carbonyl (C=O) groups is 1. The number of hydrogen-bond donors (Lipinski definition) is 2. The molecule has 0 unspecified atom stereocenters. The van der Waals surface area contributed by atoms with E-state index in [0.29, 0.717) is 6.54 Å². The first-order chi connectivity index (χ1) is 10.6. The van der Waals surface area contributed by atoms with Gasteiger partial charge in [-0.25, -0.2) is 0 Å². The lowest BCUT2D eigenvalue weighted by Gasteiger charge is -2.34. The Kier molecular flexibility index (Phi) is 6.25. The number of benzene rings is 1. The average Bonchev–Trinajstić information content (AvgIpc) is 2.51. The number of hydrogen-bond acceptors (Lipinski definition) is 2. The average molecular weight is 304 g/mol. The van der Waals surface area contributed by atoms with Crippen LogP contribution in [0, 0.1) is 13.8 Å². The molecule has 1 aromatic rings. The zero-order valence-corrected chi connectivity index (χ0v) is 14.2. The molecule has 0 bridgehead atoms. The third-order valence-corrected chi connectivity index (χ3v) is 4.65. The van der Waals surface area contributed by atoms with Gasteiger partial charge in [0, 0.05) is 12.2 Å². The maximum atomic E-state index is 11.9. The second-order valence-corrected chi connectivity index (χ2v) is 6.34. The largest absolute Gasteiger partial charge is 0.360 e. The summed E-state index contributed by atoms with van der Waals surface area (Å²) in [5.74, 6) is 0.198. The maximum Gasteiger partial charge on any atom is 0.275 e. The molecule has 1 aromatic carbocycles. The monoisotopic (exact) mass is 304 g/mol. The number of amides is 1. The van der Waals surface area contributed by atoms with Crippen molar-refractivity contribution >= 4 is 11.6 Å². The van der Waals surface area contributed by atoms with E-state index >= 15 is 0 Å². The first kappa shape index (κ1) is 16.8. The van der Waals surface area contributed by atoms with E-state index < -0.39 is 0 Å². The summed E-state index contributed by atoms with van der Waals surface area (Å²) in [5, 5.41) is 3.02. The highest BCUT2D eigenvalue weighted by Gasteiger charge is 2.23. The highest BCUT2D eigenvalue weighted by molar-refractivity contribution is 5.76. The number of anilines is 1. The van der Waals surface area contributed by atoms with Crippen LogP contribution in [0.3, 0.4) is 0 Å². The lowest BCUT2D eigenvalue weighted by molar-refractivity contribution is -0.892. The van der Waals surface area contributed by atoms with E-state index in [-0.39, 0.29) is 5.91 Å². The van der Waals surface area contributed by atoms with Crippen LogP contribution in [0.2, 0.25) is 0 Å². The Labute approximate surface area is 134 Å². The molecule has 22 heavy (non-hydrogen) atoms. The van der Waals surface area contributed by atoms with Gasteiger partial charge in [0.2, 0.25) is 0 Å². The van der Waals surface area contributed by atoms with Gasteiger partial charge in [-0.1, -0.05) is 25.5 Å². The van der Waals surface area contributed by atoms with Crippen LogP contribution in [0.4, 0.5) is 5.69 Å². The van der Waals surface area contributed by atoms with E-state index in [0.717, 1.165) is 45.6 Å². The molecule has 0 atom stereocenters. The first-order valence-corrected chi connectivity index (χ1v) is 8.53. The number of unbranched alkanes of at least 4 members (excludes halogenated alkanes) is 1. The number of piperazine rings is 1. The van der Waals surface area contributed by atoms with Crippen LogP contribution in [0.15, 0.2) is 18.2 Å². The summed E-state index contributed by atoms with van der Waals surface area (Å²) in [6.07, 6.45) is 2.20. The quantitative estimate of drug-likeness (QED) is 0.767. The molecule has 0 aromatic heterocycles. The Balaban J connectivity index is 1.80. The second kappa shape index (κ2) is 8.18. The summed E-state index contributed by atoms with van der Waals surface area (Å²) < 4.78 is 0. The summed E-state index contributed by atoms with van der Waals surface area (Å²) in [5.41, 5.74) is 4.08. The van der Waals surface area contributed by atoms with Gasteiger partial charge in [-0.3, -0.25) is 4.79 Å². The van der Waals surface area contributed by atoms with Crippen molar-refractivity contribution in [1.82, 2.24) is 5.32 Å². The summed E-state index contributed by atoms with van der Waals surface area (Å²) in [7, 11) is 0. The van der Waals surface area contributed by atoms with Gasteiger partial charge in [-0.2, -0.15) is 0 Å². The van der Waals surface area contributed by atoms with Gasteiger partial charge in [0.1, 0.15) is 0 Å². The second-order valence-electron chi connectivity index (χ2n) is 6.34. The SMILES string of the molecule is CCCCNC(=O)C[NH+]1CCN(c2cccc(C)c2C)CC1. The summed E-state index contributed by atoms with van der Waals surface area (Å²) in [6.45, 7) is 12.1. The minimum Gasteiger partial charge on any atom is -0.360 e. The third kappa shape index (κ3) is 4.47. The number of nitrogens with one attached hydrogen (secondary N) is 2. The topological polar surface area (TPSA) is 36.8 Å². The minimum absolute atomic E-state index is 0.198. The van der Waals surface area contributed by atoms with Crippen LogP contribution in [0.5, 0.6) is 0 Å². The molecule has 4 nitrogen and oxygen atoms in total. The van der Waals surface area contributed by atoms with Gasteiger partial charge in [0.25, 0.3) is 5.91 Å². The van der Waals surface area contributed by atoms with Gasteiger partial charge in [0.15, 0.2) is 6.54 Å². The fraction of sp³-hybridized carbons (Fsp3) is 0.611. The Morgan fingerprint density at radius 2 is 2.00 bits per heavy atom. The van der Waals surface area contributed by atoms with Crippen LogP contribution in [0.1, 0.15) is 30.9 Å². The van der Waals surface area contributed by atoms with Crippen LogP contribution < -0.4 is 15.1 Å². The van der Waals surface area contributed by atoms with Crippen molar-refractivity contribution in [3.05, 3.63) is 29.3 Å². The summed E-state index contributed by atoms with van der Waals surface area (Å²) in [4.78, 5) is 15.7. The van der Waals surface area contributed by atoms with E-state index in [4.69, 9.17) is 0 Å². The van der Waals surface area contributed by atoms with Gasteiger partial charge in [0.05, 0.1) is 26.2 Å². The van der Waals surface area contributed by atoms with Gasteiger partial charge in [-0.05, 0) is 37.5 Å². The highest BCUT2D eigenvalue weighted by Crippen LogP contribution is 2.22. The molecule has 0 saturated carbocycles. The van der Waals surface area contributed by atoms with Crippen LogP contribution in [0.25, 0.3) is 0 Å². The molecule has 1 amide bonds. The number of quaternary nitrogens is 1. The first-order valence-electron chi connectivity index (χ1n) is 8.53. The molecule has 1 aliphatic heterocycles. The highest BCUT2D eigenvalue weighted by atomic mass is 16.2. The van der Waals surface area contributed by atoms with Crippen molar-refractivity contribution in [2.75, 3.05) is 44.2 Å². The molecule has 122 valence electrons. The molecule has 0 radical (unpaired) electrons. The fourth-order valence-corrected chi connectivity index (χ4v) is 3.01. The smallest absolute Gasteiger partial charge is 0.275 e. The van der Waals surface area contributed by atoms with Crippen LogP contribution in [-0.2, 0) is 4.79 Å². The van der Waals surface area contributed by atoms with Gasteiger partial charge in [-0.15, -0.1) is 0 Å². The van der Waals surface area contributed by atoms with E-state index in [1.54, 1.807) is 0 Å². The number of carbonyl (C=O) groups excluding carboxylic acids is 1. The lowest BCUT2D eigenvalue weighted by Crippen LogP contribution is -3.16. The molecule has 2 N–H and O–H groups in total.